The van der Waals surface area contributed by atoms with Crippen LogP contribution in [-0.2, 0) is 26.5 Å². The fourth-order valence-corrected chi connectivity index (χ4v) is 7.89. The second-order valence-corrected chi connectivity index (χ2v) is 18.9. The van der Waals surface area contributed by atoms with Crippen LogP contribution in [-0.4, -0.2) is 13.1 Å². The van der Waals surface area contributed by atoms with Gasteiger partial charge >= 0.3 is 20.1 Å². The van der Waals surface area contributed by atoms with Crippen molar-refractivity contribution in [1.82, 2.24) is 4.98 Å². The molecule has 0 saturated heterocycles. The molecule has 0 bridgehead atoms. The smallest absolute Gasteiger partial charge is 0.510 e. The molecule has 0 spiro atoms. The van der Waals surface area contributed by atoms with Gasteiger partial charge in [-0.15, -0.1) is 53.1 Å². The minimum Gasteiger partial charge on any atom is -0.510 e. The van der Waals surface area contributed by atoms with Crippen molar-refractivity contribution in [2.75, 3.05) is 0 Å². The Morgan fingerprint density at radius 1 is 0.692 bits per heavy atom. The third-order valence-electron chi connectivity index (χ3n) is 8.91. The van der Waals surface area contributed by atoms with Gasteiger partial charge in [0.1, 0.15) is 5.58 Å². The Kier molecular flexibility index (Phi) is 10.3. The van der Waals surface area contributed by atoms with Crippen molar-refractivity contribution in [3.63, 3.8) is 0 Å². The average Bonchev–Trinajstić information content (AvgIpc) is 3.57. The number of fused-ring (bicyclic) bond motifs is 3. The molecule has 8 aromatic rings. The Morgan fingerprint density at radius 3 is 2.12 bits per heavy atom. The number of pyridine rings is 1. The molecule has 0 aliphatic rings. The van der Waals surface area contributed by atoms with E-state index in [1.807, 2.05) is 117 Å². The summed E-state index contributed by atoms with van der Waals surface area (Å²) in [5, 5.41) is 3.35. The summed E-state index contributed by atoms with van der Waals surface area (Å²) in [4.78, 5) is 4.74. The summed E-state index contributed by atoms with van der Waals surface area (Å²) in [7, 11) is -1.57. The van der Waals surface area contributed by atoms with Gasteiger partial charge in [-0.05, 0) is 40.3 Å². The molecule has 0 saturated carbocycles. The average molecular weight is 872 g/mol. The first-order valence-electron chi connectivity index (χ1n) is 18.8. The van der Waals surface area contributed by atoms with Crippen LogP contribution in [0.5, 0.6) is 0 Å². The molecule has 0 radical (unpaired) electrons. The summed E-state index contributed by atoms with van der Waals surface area (Å²) < 4.78 is 32.0. The van der Waals surface area contributed by atoms with E-state index in [4.69, 9.17) is 13.5 Å². The van der Waals surface area contributed by atoms with Crippen molar-refractivity contribution >= 4 is 35.2 Å². The van der Waals surface area contributed by atoms with Gasteiger partial charge in [0, 0.05) is 21.3 Å². The molecular weight excluding hydrogens is 827 g/mol. The maximum Gasteiger partial charge on any atom is 3.00 e. The van der Waals surface area contributed by atoms with Gasteiger partial charge in [0.25, 0.3) is 0 Å². The SMILES string of the molecule is [2H]C(C)(C)c1cc(-c2[c-]ccc(-c3ccccc3)c2)ncc1[Si](C)(C)C.[2H]C([2H])(c1ccccc1)c1cc[c-]c(-c2[c-]ccc3c2oc2ccccc23)c1.[Ir+3]. The molecule has 6 aromatic carbocycles. The van der Waals surface area contributed by atoms with Gasteiger partial charge in [-0.25, -0.2) is 5.56 Å². The molecule has 0 N–H and O–H groups in total. The van der Waals surface area contributed by atoms with Gasteiger partial charge in [0.2, 0.25) is 0 Å². The van der Waals surface area contributed by atoms with Crippen LogP contribution in [0, 0.1) is 18.2 Å². The first-order valence-corrected chi connectivity index (χ1v) is 20.8. The molecule has 4 heteroatoms. The van der Waals surface area contributed by atoms with Gasteiger partial charge < -0.3 is 9.40 Å². The van der Waals surface area contributed by atoms with Crippen molar-refractivity contribution in [3.05, 3.63) is 181 Å². The van der Waals surface area contributed by atoms with E-state index in [1.54, 1.807) is 12.1 Å². The summed E-state index contributed by atoms with van der Waals surface area (Å²) in [6.45, 7) is 10.8. The molecule has 0 atom stereocenters. The maximum absolute atomic E-state index is 8.64. The Morgan fingerprint density at radius 2 is 1.37 bits per heavy atom. The normalized spacial score (nSPS) is 12.6. The van der Waals surface area contributed by atoms with E-state index in [0.717, 1.165) is 55.4 Å². The third-order valence-corrected chi connectivity index (χ3v) is 10.9. The molecule has 2 nitrogen and oxygen atoms in total. The predicted molar refractivity (Wildman–Crippen MR) is 217 cm³/mol. The summed E-state index contributed by atoms with van der Waals surface area (Å²) in [6, 6.07) is 54.8. The van der Waals surface area contributed by atoms with Crippen LogP contribution in [0.25, 0.3) is 55.4 Å². The van der Waals surface area contributed by atoms with Crippen molar-refractivity contribution in [2.24, 2.45) is 0 Å². The first-order chi connectivity index (χ1) is 25.8. The number of para-hydroxylation sites is 1. The van der Waals surface area contributed by atoms with E-state index >= 15 is 0 Å². The summed E-state index contributed by atoms with van der Waals surface area (Å²) in [6.07, 6.45) is 0.392. The summed E-state index contributed by atoms with van der Waals surface area (Å²) in [5.41, 5.74) is 9.61. The Bertz CT molecular complexity index is 2560. The fraction of sp³-hybridized carbons (Fsp3) is 0.146. The van der Waals surface area contributed by atoms with Crippen LogP contribution < -0.4 is 5.19 Å². The number of rotatable bonds is 7. The fourth-order valence-electron chi connectivity index (χ4n) is 6.31. The predicted octanol–water partition coefficient (Wildman–Crippen LogP) is 12.3. The van der Waals surface area contributed by atoms with Crippen LogP contribution in [0.4, 0.5) is 0 Å². The second kappa shape index (κ2) is 16.2. The van der Waals surface area contributed by atoms with E-state index in [-0.39, 0.29) is 20.1 Å². The van der Waals surface area contributed by atoms with Crippen molar-refractivity contribution in [2.45, 2.75) is 45.8 Å². The molecule has 8 rings (SSSR count). The quantitative estimate of drug-likeness (QED) is 0.118. The summed E-state index contributed by atoms with van der Waals surface area (Å²) >= 11 is 0. The monoisotopic (exact) mass is 872 g/mol. The zero-order chi connectivity index (χ0) is 38.1. The van der Waals surface area contributed by atoms with E-state index < -0.39 is 20.3 Å². The molecule has 2 aromatic heterocycles. The van der Waals surface area contributed by atoms with Gasteiger partial charge in [-0.1, -0.05) is 129 Å². The van der Waals surface area contributed by atoms with E-state index in [0.29, 0.717) is 11.1 Å². The number of benzene rings is 6. The molecule has 0 amide bonds. The van der Waals surface area contributed by atoms with E-state index in [9.17, 15) is 0 Å². The van der Waals surface area contributed by atoms with Crippen LogP contribution in [0.2, 0.25) is 19.6 Å². The Balaban J connectivity index is 0.000000184. The molecule has 0 unspecified atom stereocenters. The van der Waals surface area contributed by atoms with Crippen molar-refractivity contribution in [3.8, 4) is 33.5 Å². The first kappa shape index (κ1) is 33.0. The Labute approximate surface area is 327 Å². The van der Waals surface area contributed by atoms with Crippen molar-refractivity contribution in [1.29, 1.82) is 0 Å². The molecule has 258 valence electrons. The molecular formula is C48H42IrNOSi. The molecule has 2 heterocycles. The van der Waals surface area contributed by atoms with Crippen LogP contribution in [0.15, 0.2) is 150 Å². The molecule has 0 aliphatic heterocycles. The molecule has 52 heavy (non-hydrogen) atoms. The third kappa shape index (κ3) is 8.27. The van der Waals surface area contributed by atoms with Crippen LogP contribution in [0.1, 0.15) is 40.5 Å². The van der Waals surface area contributed by atoms with Crippen LogP contribution >= 0.6 is 0 Å². The van der Waals surface area contributed by atoms with Crippen LogP contribution in [0.3, 0.4) is 0 Å². The van der Waals surface area contributed by atoms with E-state index in [2.05, 4.69) is 68.2 Å². The van der Waals surface area contributed by atoms with Gasteiger partial charge in [-0.2, -0.15) is 35.9 Å². The Hall–Kier alpha value is -4.86. The summed E-state index contributed by atoms with van der Waals surface area (Å²) in [5.74, 6) is -0.648. The minimum absolute atomic E-state index is 0. The number of nitrogens with zero attached hydrogens (tertiary/aromatic N) is 1. The maximum atomic E-state index is 8.64. The number of hydrogen-bond acceptors (Lipinski definition) is 2. The zero-order valence-corrected chi connectivity index (χ0v) is 33.4. The van der Waals surface area contributed by atoms with Gasteiger partial charge in [0.15, 0.2) is 0 Å². The van der Waals surface area contributed by atoms with Crippen molar-refractivity contribution < 1.29 is 28.6 Å². The molecule has 0 fully saturated rings. The standard InChI is InChI=1S/C25H16O.C23H26NSi.Ir/c1-2-8-18(9-3-1)16-19-10-6-11-20(17-19)21-13-7-14-23-22-12-4-5-15-24(22)26-25(21)23;1-17(2)21-15-22(24-16-23(21)25(3,4)5)20-13-9-12-19(14-20)18-10-7-6-8-11-18;/h1-10,12,14-15,17H,16H2;6-12,14-17H,1-5H3;/q-2;-1;+3/i16D2;17D;. The number of hydrogen-bond donors (Lipinski definition) is 0. The number of aromatic nitrogens is 1. The van der Waals surface area contributed by atoms with E-state index in [1.165, 1.54) is 10.8 Å². The largest absolute Gasteiger partial charge is 3.00 e. The molecule has 0 aliphatic carbocycles. The van der Waals surface area contributed by atoms with Gasteiger partial charge in [-0.3, -0.25) is 0 Å². The number of furan rings is 1. The van der Waals surface area contributed by atoms with Gasteiger partial charge in [0.05, 0.1) is 8.07 Å². The zero-order valence-electron chi connectivity index (χ0n) is 33.0. The minimum atomic E-state index is -1.60. The second-order valence-electron chi connectivity index (χ2n) is 13.9. The topological polar surface area (TPSA) is 26.0 Å².